The van der Waals surface area contributed by atoms with Gasteiger partial charge in [-0.05, 0) is 25.7 Å². The summed E-state index contributed by atoms with van der Waals surface area (Å²) in [6, 6.07) is 2.11. The molecule has 0 fully saturated rings. The normalized spacial score (nSPS) is 22.1. The van der Waals surface area contributed by atoms with Crippen LogP contribution in [0.4, 0.5) is 5.82 Å². The van der Waals surface area contributed by atoms with Crippen molar-refractivity contribution in [1.29, 1.82) is 0 Å². The lowest BCUT2D eigenvalue weighted by atomic mass is 9.91. The third-order valence-electron chi connectivity index (χ3n) is 3.56. The van der Waals surface area contributed by atoms with E-state index in [-0.39, 0.29) is 23.3 Å². The van der Waals surface area contributed by atoms with Crippen LogP contribution in [0.3, 0.4) is 0 Å². The second kappa shape index (κ2) is 5.46. The van der Waals surface area contributed by atoms with Crippen molar-refractivity contribution in [3.63, 3.8) is 0 Å². The Morgan fingerprint density at radius 1 is 1.55 bits per heavy atom. The number of esters is 1. The standard InChI is InChI=1S/C15H25N3O2/c1-6-20-14(19)12-9-16-13-7-11(8-15(3,4)5)17-18(13)10(12)2/h7,10,12,16H,6,8-9H2,1-5H3. The van der Waals surface area contributed by atoms with Gasteiger partial charge >= 0.3 is 5.97 Å². The first-order valence-electron chi connectivity index (χ1n) is 7.31. The summed E-state index contributed by atoms with van der Waals surface area (Å²) in [5, 5.41) is 7.94. The summed E-state index contributed by atoms with van der Waals surface area (Å²) in [7, 11) is 0. The first-order chi connectivity index (χ1) is 9.31. The van der Waals surface area contributed by atoms with Crippen LogP contribution in [0.2, 0.25) is 0 Å². The molecule has 0 spiro atoms. The van der Waals surface area contributed by atoms with Crippen LogP contribution >= 0.6 is 0 Å². The minimum Gasteiger partial charge on any atom is -0.466 e. The van der Waals surface area contributed by atoms with Gasteiger partial charge in [0.1, 0.15) is 5.82 Å². The van der Waals surface area contributed by atoms with Crippen LogP contribution in [0.15, 0.2) is 6.07 Å². The summed E-state index contributed by atoms with van der Waals surface area (Å²) in [6.07, 6.45) is 0.922. The molecule has 1 aliphatic rings. The lowest BCUT2D eigenvalue weighted by molar-refractivity contribution is -0.149. The molecule has 2 heterocycles. The van der Waals surface area contributed by atoms with Crippen molar-refractivity contribution in [2.24, 2.45) is 11.3 Å². The van der Waals surface area contributed by atoms with Gasteiger partial charge in [-0.25, -0.2) is 4.68 Å². The van der Waals surface area contributed by atoms with E-state index in [0.29, 0.717) is 13.2 Å². The topological polar surface area (TPSA) is 56.1 Å². The number of nitrogens with zero attached hydrogens (tertiary/aromatic N) is 2. The Hall–Kier alpha value is -1.52. The number of hydrogen-bond donors (Lipinski definition) is 1. The molecule has 1 aromatic heterocycles. The number of carbonyl (C=O) groups is 1. The summed E-state index contributed by atoms with van der Waals surface area (Å²) >= 11 is 0. The highest BCUT2D eigenvalue weighted by Gasteiger charge is 2.33. The van der Waals surface area contributed by atoms with Gasteiger partial charge in [0.05, 0.1) is 24.3 Å². The van der Waals surface area contributed by atoms with E-state index in [0.717, 1.165) is 17.9 Å². The van der Waals surface area contributed by atoms with E-state index in [2.05, 4.69) is 37.3 Å². The Morgan fingerprint density at radius 3 is 2.85 bits per heavy atom. The molecular formula is C15H25N3O2. The third-order valence-corrected chi connectivity index (χ3v) is 3.56. The van der Waals surface area contributed by atoms with Crippen LogP contribution in [0, 0.1) is 11.3 Å². The van der Waals surface area contributed by atoms with Crippen molar-refractivity contribution in [2.45, 2.75) is 47.1 Å². The summed E-state index contributed by atoms with van der Waals surface area (Å²) in [5.74, 6) is 0.674. The molecule has 5 nitrogen and oxygen atoms in total. The molecule has 2 rings (SSSR count). The van der Waals surface area contributed by atoms with Gasteiger partial charge < -0.3 is 10.1 Å². The van der Waals surface area contributed by atoms with Crippen LogP contribution in [-0.2, 0) is 16.0 Å². The fourth-order valence-electron chi connectivity index (χ4n) is 2.60. The average molecular weight is 279 g/mol. The molecule has 0 saturated heterocycles. The zero-order valence-corrected chi connectivity index (χ0v) is 13.1. The van der Waals surface area contributed by atoms with E-state index in [1.54, 1.807) is 0 Å². The summed E-state index contributed by atoms with van der Waals surface area (Å²) in [5.41, 5.74) is 1.27. The van der Waals surface area contributed by atoms with Crippen LogP contribution in [0.25, 0.3) is 0 Å². The summed E-state index contributed by atoms with van der Waals surface area (Å²) < 4.78 is 7.06. The van der Waals surface area contributed by atoms with Gasteiger partial charge in [-0.3, -0.25) is 4.79 Å². The quantitative estimate of drug-likeness (QED) is 0.864. The predicted octanol–water partition coefficient (Wildman–Crippen LogP) is 2.64. The molecule has 0 saturated carbocycles. The molecule has 1 aliphatic heterocycles. The Balaban J connectivity index is 2.17. The number of rotatable bonds is 3. The molecular weight excluding hydrogens is 254 g/mol. The minimum absolute atomic E-state index is 0.0269. The molecule has 20 heavy (non-hydrogen) atoms. The lowest BCUT2D eigenvalue weighted by Gasteiger charge is -2.29. The van der Waals surface area contributed by atoms with E-state index >= 15 is 0 Å². The molecule has 0 bridgehead atoms. The molecule has 112 valence electrons. The molecule has 0 radical (unpaired) electrons. The van der Waals surface area contributed by atoms with Crippen molar-refractivity contribution in [3.8, 4) is 0 Å². The van der Waals surface area contributed by atoms with Crippen LogP contribution in [0.5, 0.6) is 0 Å². The second-order valence-corrected chi connectivity index (χ2v) is 6.68. The van der Waals surface area contributed by atoms with Gasteiger partial charge in [0, 0.05) is 12.6 Å². The van der Waals surface area contributed by atoms with Crippen molar-refractivity contribution < 1.29 is 9.53 Å². The molecule has 1 N–H and O–H groups in total. The van der Waals surface area contributed by atoms with Gasteiger partial charge in [0.15, 0.2) is 0 Å². The Labute approximate surface area is 120 Å². The van der Waals surface area contributed by atoms with E-state index in [1.165, 1.54) is 0 Å². The monoisotopic (exact) mass is 279 g/mol. The highest BCUT2D eigenvalue weighted by Crippen LogP contribution is 2.30. The zero-order chi connectivity index (χ0) is 14.9. The fourth-order valence-corrected chi connectivity index (χ4v) is 2.60. The highest BCUT2D eigenvalue weighted by atomic mass is 16.5. The number of hydrogen-bond acceptors (Lipinski definition) is 4. The Morgan fingerprint density at radius 2 is 2.25 bits per heavy atom. The van der Waals surface area contributed by atoms with Gasteiger partial charge in [-0.15, -0.1) is 0 Å². The maximum absolute atomic E-state index is 12.0. The second-order valence-electron chi connectivity index (χ2n) is 6.68. The average Bonchev–Trinajstić information content (AvgIpc) is 2.70. The smallest absolute Gasteiger partial charge is 0.312 e. The molecule has 1 aromatic rings. The SMILES string of the molecule is CCOC(=O)C1CNc2cc(CC(C)(C)C)nn2C1C. The highest BCUT2D eigenvalue weighted by molar-refractivity contribution is 5.74. The van der Waals surface area contributed by atoms with Crippen molar-refractivity contribution in [3.05, 3.63) is 11.8 Å². The molecule has 2 atom stereocenters. The Kier molecular flexibility index (Phi) is 4.06. The molecule has 0 amide bonds. The van der Waals surface area contributed by atoms with E-state index in [4.69, 9.17) is 4.74 Å². The van der Waals surface area contributed by atoms with Gasteiger partial charge in [-0.1, -0.05) is 20.8 Å². The number of nitrogens with one attached hydrogen (secondary N) is 1. The van der Waals surface area contributed by atoms with E-state index < -0.39 is 0 Å². The van der Waals surface area contributed by atoms with Gasteiger partial charge in [0.25, 0.3) is 0 Å². The first-order valence-corrected chi connectivity index (χ1v) is 7.31. The number of ether oxygens (including phenoxy) is 1. The van der Waals surface area contributed by atoms with Gasteiger partial charge in [0.2, 0.25) is 0 Å². The first kappa shape index (κ1) is 14.9. The third kappa shape index (κ3) is 3.14. The van der Waals surface area contributed by atoms with Crippen molar-refractivity contribution in [2.75, 3.05) is 18.5 Å². The van der Waals surface area contributed by atoms with Crippen LogP contribution in [-0.4, -0.2) is 28.9 Å². The minimum atomic E-state index is -0.176. The van der Waals surface area contributed by atoms with E-state index in [1.807, 2.05) is 18.5 Å². The van der Waals surface area contributed by atoms with Crippen molar-refractivity contribution >= 4 is 11.8 Å². The molecule has 0 aromatic carbocycles. The molecule has 0 aliphatic carbocycles. The molecule has 5 heteroatoms. The van der Waals surface area contributed by atoms with Crippen LogP contribution < -0.4 is 5.32 Å². The van der Waals surface area contributed by atoms with E-state index in [9.17, 15) is 4.79 Å². The van der Waals surface area contributed by atoms with Crippen molar-refractivity contribution in [1.82, 2.24) is 9.78 Å². The summed E-state index contributed by atoms with van der Waals surface area (Å²) in [4.78, 5) is 12.0. The predicted molar refractivity (Wildman–Crippen MR) is 78.7 cm³/mol. The zero-order valence-electron chi connectivity index (χ0n) is 13.1. The number of carbonyl (C=O) groups excluding carboxylic acids is 1. The van der Waals surface area contributed by atoms with Crippen LogP contribution in [0.1, 0.15) is 46.4 Å². The number of fused-ring (bicyclic) bond motifs is 1. The fraction of sp³-hybridized carbons (Fsp3) is 0.733. The number of aromatic nitrogens is 2. The maximum Gasteiger partial charge on any atom is 0.312 e. The van der Waals surface area contributed by atoms with Gasteiger partial charge in [-0.2, -0.15) is 5.10 Å². The molecule has 2 unspecified atom stereocenters. The number of anilines is 1. The largest absolute Gasteiger partial charge is 0.466 e. The maximum atomic E-state index is 12.0. The Bertz CT molecular complexity index is 488. The summed E-state index contributed by atoms with van der Waals surface area (Å²) in [6.45, 7) is 11.5. The lowest BCUT2D eigenvalue weighted by Crippen LogP contribution is -2.37.